The van der Waals surface area contributed by atoms with Gasteiger partial charge >= 0.3 is 5.97 Å². The summed E-state index contributed by atoms with van der Waals surface area (Å²) >= 11 is 0. The lowest BCUT2D eigenvalue weighted by Gasteiger charge is -2.48. The molecule has 0 amide bonds. The van der Waals surface area contributed by atoms with E-state index in [1.807, 2.05) is 36.4 Å². The highest BCUT2D eigenvalue weighted by molar-refractivity contribution is 5.76. The van der Waals surface area contributed by atoms with Crippen molar-refractivity contribution in [3.63, 3.8) is 0 Å². The molecule has 2 N–H and O–H groups in total. The molecule has 5 heteroatoms. The first-order chi connectivity index (χ1) is 14.0. The molecule has 1 atom stereocenters. The number of aliphatic carboxylic acids is 1. The van der Waals surface area contributed by atoms with Gasteiger partial charge in [0.05, 0.1) is 12.0 Å². The van der Waals surface area contributed by atoms with Crippen molar-refractivity contribution >= 4 is 5.97 Å². The monoisotopic (exact) mass is 402 g/mol. The zero-order chi connectivity index (χ0) is 20.7. The molecule has 1 aliphatic heterocycles. The molecule has 29 heavy (non-hydrogen) atoms. The Balaban J connectivity index is 0.000000343. The third-order valence-electron chi connectivity index (χ3n) is 7.22. The van der Waals surface area contributed by atoms with Gasteiger partial charge in [-0.2, -0.15) is 0 Å². The number of methoxy groups -OCH3 is 1. The van der Waals surface area contributed by atoms with Crippen LogP contribution in [-0.4, -0.2) is 61.4 Å². The number of piperidine rings is 1. The first-order valence-corrected chi connectivity index (χ1v) is 11.2. The lowest BCUT2D eigenvalue weighted by molar-refractivity contribution is -0.157. The highest BCUT2D eigenvalue weighted by atomic mass is 16.5. The lowest BCUT2D eigenvalue weighted by atomic mass is 9.67. The van der Waals surface area contributed by atoms with E-state index in [1.165, 1.54) is 12.8 Å². The Bertz CT molecular complexity index is 594. The summed E-state index contributed by atoms with van der Waals surface area (Å²) in [5.41, 5.74) is -0.261. The molecule has 0 spiro atoms. The SMILES string of the molecule is COCC1(C(C)NC2CC2)CCN(CC2(C(=O)O)CCC2)CC1.c1ccccc1. The van der Waals surface area contributed by atoms with Crippen molar-refractivity contribution in [2.45, 2.75) is 64.0 Å². The second kappa shape index (κ2) is 10.1. The van der Waals surface area contributed by atoms with Crippen LogP contribution in [0, 0.1) is 10.8 Å². The minimum absolute atomic E-state index is 0.198. The van der Waals surface area contributed by atoms with Crippen molar-refractivity contribution in [2.24, 2.45) is 10.8 Å². The number of hydrogen-bond donors (Lipinski definition) is 2. The smallest absolute Gasteiger partial charge is 0.310 e. The summed E-state index contributed by atoms with van der Waals surface area (Å²) in [5, 5.41) is 13.3. The normalized spacial score (nSPS) is 23.9. The molecule has 162 valence electrons. The summed E-state index contributed by atoms with van der Waals surface area (Å²) in [7, 11) is 1.80. The van der Waals surface area contributed by atoms with Crippen molar-refractivity contribution in [1.29, 1.82) is 0 Å². The number of benzene rings is 1. The van der Waals surface area contributed by atoms with Gasteiger partial charge < -0.3 is 20.1 Å². The van der Waals surface area contributed by atoms with Crippen molar-refractivity contribution in [3.05, 3.63) is 36.4 Å². The summed E-state index contributed by atoms with van der Waals surface area (Å²) in [6.45, 7) is 5.82. The second-order valence-electron chi connectivity index (χ2n) is 9.33. The fraction of sp³-hybridized carbons (Fsp3) is 0.708. The summed E-state index contributed by atoms with van der Waals surface area (Å²) in [6.07, 6.45) is 7.57. The van der Waals surface area contributed by atoms with Crippen LogP contribution < -0.4 is 5.32 Å². The minimum atomic E-state index is -0.596. The molecule has 0 bridgehead atoms. The zero-order valence-corrected chi connectivity index (χ0v) is 18.1. The number of likely N-dealkylation sites (tertiary alicyclic amines) is 1. The Morgan fingerprint density at radius 1 is 1.10 bits per heavy atom. The third kappa shape index (κ3) is 5.80. The van der Waals surface area contributed by atoms with E-state index in [0.717, 1.165) is 58.3 Å². The molecule has 2 aliphatic carbocycles. The molecule has 1 saturated heterocycles. The van der Waals surface area contributed by atoms with Crippen LogP contribution >= 0.6 is 0 Å². The van der Waals surface area contributed by atoms with Crippen molar-refractivity contribution in [3.8, 4) is 0 Å². The molecular weight excluding hydrogens is 364 g/mol. The molecule has 1 aromatic carbocycles. The highest BCUT2D eigenvalue weighted by Crippen LogP contribution is 2.44. The minimum Gasteiger partial charge on any atom is -0.481 e. The van der Waals surface area contributed by atoms with E-state index in [2.05, 4.69) is 17.1 Å². The van der Waals surface area contributed by atoms with Crippen LogP contribution in [-0.2, 0) is 9.53 Å². The standard InChI is InChI=1S/C18H32N2O3.C6H6/c1-14(19-15-4-5-15)18(13-23-2)8-10-20(11-9-18)12-17(16(21)22)6-3-7-17;1-2-4-6-5-3-1/h14-15,19H,3-13H2,1-2H3,(H,21,22);1-6H. The van der Waals surface area contributed by atoms with Crippen LogP contribution in [0.25, 0.3) is 0 Å². The number of nitrogens with zero attached hydrogens (tertiary/aromatic N) is 1. The van der Waals surface area contributed by atoms with Crippen LogP contribution in [0.1, 0.15) is 51.9 Å². The molecule has 1 aromatic rings. The Hall–Kier alpha value is -1.43. The molecule has 0 radical (unpaired) electrons. The molecule has 1 unspecified atom stereocenters. The first-order valence-electron chi connectivity index (χ1n) is 11.2. The van der Waals surface area contributed by atoms with Gasteiger partial charge in [-0.25, -0.2) is 0 Å². The van der Waals surface area contributed by atoms with Gasteiger partial charge in [0.25, 0.3) is 0 Å². The fourth-order valence-corrected chi connectivity index (χ4v) is 4.78. The van der Waals surface area contributed by atoms with E-state index in [4.69, 9.17) is 4.74 Å². The van der Waals surface area contributed by atoms with Crippen molar-refractivity contribution in [1.82, 2.24) is 10.2 Å². The Kier molecular flexibility index (Phi) is 7.72. The third-order valence-corrected chi connectivity index (χ3v) is 7.22. The van der Waals surface area contributed by atoms with Gasteiger partial charge in [0.15, 0.2) is 0 Å². The molecule has 5 nitrogen and oxygen atoms in total. The van der Waals surface area contributed by atoms with E-state index in [1.54, 1.807) is 7.11 Å². The lowest BCUT2D eigenvalue weighted by Crippen LogP contribution is -2.56. The fourth-order valence-electron chi connectivity index (χ4n) is 4.78. The van der Waals surface area contributed by atoms with E-state index in [9.17, 15) is 9.90 Å². The molecular formula is C24H38N2O3. The average Bonchev–Trinajstić information content (AvgIpc) is 3.52. The summed E-state index contributed by atoms with van der Waals surface area (Å²) < 4.78 is 5.56. The molecule has 3 aliphatic rings. The van der Waals surface area contributed by atoms with Gasteiger partial charge in [0.1, 0.15) is 0 Å². The molecule has 2 saturated carbocycles. The molecule has 0 aromatic heterocycles. The molecule has 3 fully saturated rings. The first kappa shape index (κ1) is 22.3. The summed E-state index contributed by atoms with van der Waals surface area (Å²) in [6, 6.07) is 13.2. The van der Waals surface area contributed by atoms with Crippen LogP contribution in [0.5, 0.6) is 0 Å². The zero-order valence-electron chi connectivity index (χ0n) is 18.1. The predicted octanol–water partition coefficient (Wildman–Crippen LogP) is 3.80. The Labute approximate surface area is 175 Å². The van der Waals surface area contributed by atoms with E-state index < -0.39 is 11.4 Å². The van der Waals surface area contributed by atoms with Crippen LogP contribution in [0.3, 0.4) is 0 Å². The maximum Gasteiger partial charge on any atom is 0.310 e. The number of rotatable bonds is 8. The van der Waals surface area contributed by atoms with Crippen LogP contribution in [0.4, 0.5) is 0 Å². The Morgan fingerprint density at radius 2 is 1.66 bits per heavy atom. The average molecular weight is 403 g/mol. The second-order valence-corrected chi connectivity index (χ2v) is 9.33. The Morgan fingerprint density at radius 3 is 2.03 bits per heavy atom. The number of carboxylic acid groups (broad SMARTS) is 1. The maximum atomic E-state index is 11.6. The number of ether oxygens (including phenoxy) is 1. The van der Waals surface area contributed by atoms with E-state index in [0.29, 0.717) is 12.1 Å². The quantitative estimate of drug-likeness (QED) is 0.693. The van der Waals surface area contributed by atoms with Gasteiger partial charge in [-0.05, 0) is 58.5 Å². The van der Waals surface area contributed by atoms with E-state index >= 15 is 0 Å². The maximum absolute atomic E-state index is 11.6. The van der Waals surface area contributed by atoms with Gasteiger partial charge in [-0.1, -0.05) is 42.8 Å². The summed E-state index contributed by atoms with van der Waals surface area (Å²) in [4.78, 5) is 14.0. The van der Waals surface area contributed by atoms with Crippen LogP contribution in [0.2, 0.25) is 0 Å². The number of hydrogen-bond acceptors (Lipinski definition) is 4. The summed E-state index contributed by atoms with van der Waals surface area (Å²) in [5.74, 6) is -0.596. The molecule has 1 heterocycles. The predicted molar refractivity (Wildman–Crippen MR) is 116 cm³/mol. The van der Waals surface area contributed by atoms with Gasteiger partial charge in [-0.15, -0.1) is 0 Å². The number of nitrogens with one attached hydrogen (secondary N) is 1. The van der Waals surface area contributed by atoms with Gasteiger partial charge in [-0.3, -0.25) is 4.79 Å². The van der Waals surface area contributed by atoms with Gasteiger partial charge in [0.2, 0.25) is 0 Å². The topological polar surface area (TPSA) is 61.8 Å². The van der Waals surface area contributed by atoms with Crippen molar-refractivity contribution in [2.75, 3.05) is 33.4 Å². The molecule has 4 rings (SSSR count). The largest absolute Gasteiger partial charge is 0.481 e. The number of carboxylic acids is 1. The van der Waals surface area contributed by atoms with Gasteiger partial charge in [0, 0.05) is 31.2 Å². The highest BCUT2D eigenvalue weighted by Gasteiger charge is 2.47. The number of carbonyl (C=O) groups is 1. The van der Waals surface area contributed by atoms with Crippen molar-refractivity contribution < 1.29 is 14.6 Å². The van der Waals surface area contributed by atoms with Crippen LogP contribution in [0.15, 0.2) is 36.4 Å². The van der Waals surface area contributed by atoms with E-state index in [-0.39, 0.29) is 5.41 Å².